The van der Waals surface area contributed by atoms with Gasteiger partial charge in [0.25, 0.3) is 0 Å². The van der Waals surface area contributed by atoms with Crippen LogP contribution in [0.1, 0.15) is 51.5 Å². The molecule has 0 bridgehead atoms. The highest BCUT2D eigenvalue weighted by molar-refractivity contribution is 6.30. The number of rotatable bonds is 6. The van der Waals surface area contributed by atoms with Crippen molar-refractivity contribution in [1.82, 2.24) is 5.32 Å². The number of aryl methyl sites for hydroxylation is 1. The van der Waals surface area contributed by atoms with Gasteiger partial charge in [0.15, 0.2) is 0 Å². The summed E-state index contributed by atoms with van der Waals surface area (Å²) in [6.45, 7) is 6.98. The number of hydrogen-bond donors (Lipinski definition) is 2. The van der Waals surface area contributed by atoms with E-state index in [9.17, 15) is 9.59 Å². The van der Waals surface area contributed by atoms with E-state index in [1.165, 1.54) is 0 Å². The number of carbonyl (C=O) groups is 2. The third-order valence-electron chi connectivity index (χ3n) is 4.94. The summed E-state index contributed by atoms with van der Waals surface area (Å²) in [6.07, 6.45) is 4.10. The molecule has 0 heterocycles. The van der Waals surface area contributed by atoms with Gasteiger partial charge in [-0.15, -0.1) is 0 Å². The summed E-state index contributed by atoms with van der Waals surface area (Å²) in [7, 11) is 0. The molecule has 5 heteroatoms. The number of halogens is 1. The third kappa shape index (κ3) is 6.03. The zero-order valence-corrected chi connectivity index (χ0v) is 16.2. The smallest absolute Gasteiger partial charge is 0.227 e. The van der Waals surface area contributed by atoms with Crippen LogP contribution in [0.3, 0.4) is 0 Å². The molecule has 1 aromatic rings. The number of hydrogen-bond acceptors (Lipinski definition) is 2. The number of anilines is 1. The van der Waals surface area contributed by atoms with E-state index in [2.05, 4.69) is 24.5 Å². The van der Waals surface area contributed by atoms with Crippen molar-refractivity contribution in [3.05, 3.63) is 28.8 Å². The van der Waals surface area contributed by atoms with Gasteiger partial charge in [-0.1, -0.05) is 25.4 Å². The Balaban J connectivity index is 1.79. The van der Waals surface area contributed by atoms with E-state index < -0.39 is 0 Å². The molecule has 138 valence electrons. The van der Waals surface area contributed by atoms with Crippen molar-refractivity contribution < 1.29 is 9.59 Å². The molecule has 1 saturated carbocycles. The van der Waals surface area contributed by atoms with Crippen LogP contribution < -0.4 is 10.6 Å². The first kappa shape index (κ1) is 19.8. The Labute approximate surface area is 155 Å². The Bertz CT molecular complexity index is 608. The van der Waals surface area contributed by atoms with E-state index >= 15 is 0 Å². The minimum atomic E-state index is -0.0187. The molecular weight excluding hydrogens is 336 g/mol. The Morgan fingerprint density at radius 1 is 1.12 bits per heavy atom. The molecule has 1 fully saturated rings. The van der Waals surface area contributed by atoms with E-state index in [1.807, 2.05) is 19.1 Å². The van der Waals surface area contributed by atoms with Crippen molar-refractivity contribution >= 4 is 29.1 Å². The molecule has 0 spiro atoms. The van der Waals surface area contributed by atoms with E-state index in [4.69, 9.17) is 11.6 Å². The van der Waals surface area contributed by atoms with Gasteiger partial charge in [-0.2, -0.15) is 0 Å². The molecular formula is C20H29ClN2O2. The van der Waals surface area contributed by atoms with Crippen LogP contribution in [0, 0.1) is 24.7 Å². The lowest BCUT2D eigenvalue weighted by atomic mass is 9.81. The van der Waals surface area contributed by atoms with Gasteiger partial charge in [0, 0.05) is 29.1 Å². The Hall–Kier alpha value is -1.55. The lowest BCUT2D eigenvalue weighted by Gasteiger charge is -2.27. The fraction of sp³-hybridized carbons (Fsp3) is 0.600. The van der Waals surface area contributed by atoms with Crippen LogP contribution in [0.15, 0.2) is 18.2 Å². The lowest BCUT2D eigenvalue weighted by molar-refractivity contribution is -0.128. The van der Waals surface area contributed by atoms with Gasteiger partial charge in [-0.05, 0) is 68.7 Å². The molecule has 0 aliphatic heterocycles. The molecule has 25 heavy (non-hydrogen) atoms. The van der Waals surface area contributed by atoms with Gasteiger partial charge in [-0.25, -0.2) is 0 Å². The maximum absolute atomic E-state index is 12.5. The summed E-state index contributed by atoms with van der Waals surface area (Å²) in [5, 5.41) is 6.69. The number of nitrogens with one attached hydrogen (secondary N) is 2. The van der Waals surface area contributed by atoms with Crippen molar-refractivity contribution in [3.63, 3.8) is 0 Å². The van der Waals surface area contributed by atoms with Crippen molar-refractivity contribution in [2.75, 3.05) is 11.9 Å². The summed E-state index contributed by atoms with van der Waals surface area (Å²) in [5.74, 6) is 0.816. The molecule has 1 aliphatic carbocycles. The third-order valence-corrected chi connectivity index (χ3v) is 5.17. The predicted molar refractivity (Wildman–Crippen MR) is 103 cm³/mol. The molecule has 0 radical (unpaired) electrons. The Kier molecular flexibility index (Phi) is 7.30. The molecule has 2 N–H and O–H groups in total. The molecule has 2 rings (SSSR count). The van der Waals surface area contributed by atoms with E-state index in [-0.39, 0.29) is 23.7 Å². The summed E-state index contributed by atoms with van der Waals surface area (Å²) in [5.41, 5.74) is 1.77. The first-order valence-corrected chi connectivity index (χ1v) is 9.59. The van der Waals surface area contributed by atoms with Crippen LogP contribution in [0.2, 0.25) is 5.02 Å². The van der Waals surface area contributed by atoms with Gasteiger partial charge >= 0.3 is 0 Å². The van der Waals surface area contributed by atoms with Crippen molar-refractivity contribution in [1.29, 1.82) is 0 Å². The predicted octanol–water partition coefficient (Wildman–Crippen LogP) is 4.56. The van der Waals surface area contributed by atoms with Crippen LogP contribution in [0.4, 0.5) is 5.69 Å². The van der Waals surface area contributed by atoms with Gasteiger partial charge < -0.3 is 10.6 Å². The van der Waals surface area contributed by atoms with Crippen LogP contribution >= 0.6 is 11.6 Å². The first-order chi connectivity index (χ1) is 11.9. The highest BCUT2D eigenvalue weighted by Gasteiger charge is 2.30. The average Bonchev–Trinajstić information content (AvgIpc) is 2.57. The average molecular weight is 365 g/mol. The molecule has 0 saturated heterocycles. The normalized spacial score (nSPS) is 20.4. The van der Waals surface area contributed by atoms with Crippen molar-refractivity contribution in [2.24, 2.45) is 17.8 Å². The highest BCUT2D eigenvalue weighted by atomic mass is 35.5. The fourth-order valence-electron chi connectivity index (χ4n) is 3.25. The first-order valence-electron chi connectivity index (χ1n) is 9.21. The quantitative estimate of drug-likeness (QED) is 0.777. The monoisotopic (exact) mass is 364 g/mol. The van der Waals surface area contributed by atoms with Gasteiger partial charge in [0.2, 0.25) is 11.8 Å². The SMILES string of the molecule is Cc1cc(Cl)ccc1NC(=O)C1CCC(C(=O)NCCC(C)C)CC1. The zero-order valence-electron chi connectivity index (χ0n) is 15.4. The summed E-state index contributed by atoms with van der Waals surface area (Å²) < 4.78 is 0. The second kappa shape index (κ2) is 9.23. The molecule has 4 nitrogen and oxygen atoms in total. The van der Waals surface area contributed by atoms with Gasteiger partial charge in [-0.3, -0.25) is 9.59 Å². The molecule has 1 aliphatic rings. The largest absolute Gasteiger partial charge is 0.356 e. The van der Waals surface area contributed by atoms with Gasteiger partial charge in [0.05, 0.1) is 0 Å². The minimum absolute atomic E-state index is 0.0187. The van der Waals surface area contributed by atoms with Crippen LogP contribution in [-0.2, 0) is 9.59 Å². The van der Waals surface area contributed by atoms with Crippen LogP contribution in [-0.4, -0.2) is 18.4 Å². The van der Waals surface area contributed by atoms with Crippen LogP contribution in [0.5, 0.6) is 0 Å². The number of amides is 2. The molecule has 2 amide bonds. The van der Waals surface area contributed by atoms with Crippen molar-refractivity contribution in [2.45, 2.75) is 52.9 Å². The number of benzene rings is 1. The maximum Gasteiger partial charge on any atom is 0.227 e. The topological polar surface area (TPSA) is 58.2 Å². The molecule has 0 aromatic heterocycles. The number of carbonyl (C=O) groups excluding carboxylic acids is 2. The highest BCUT2D eigenvalue weighted by Crippen LogP contribution is 2.30. The van der Waals surface area contributed by atoms with E-state index in [0.717, 1.165) is 49.9 Å². The summed E-state index contributed by atoms with van der Waals surface area (Å²) >= 11 is 5.95. The Morgan fingerprint density at radius 3 is 2.28 bits per heavy atom. The summed E-state index contributed by atoms with van der Waals surface area (Å²) in [6, 6.07) is 5.46. The zero-order chi connectivity index (χ0) is 18.4. The minimum Gasteiger partial charge on any atom is -0.356 e. The fourth-order valence-corrected chi connectivity index (χ4v) is 3.47. The second-order valence-electron chi connectivity index (χ2n) is 7.47. The second-order valence-corrected chi connectivity index (χ2v) is 7.91. The van der Waals surface area contributed by atoms with Crippen molar-refractivity contribution in [3.8, 4) is 0 Å². The van der Waals surface area contributed by atoms with E-state index in [0.29, 0.717) is 10.9 Å². The molecule has 0 unspecified atom stereocenters. The molecule has 1 aromatic carbocycles. The molecule has 0 atom stereocenters. The van der Waals surface area contributed by atoms with Gasteiger partial charge in [0.1, 0.15) is 0 Å². The summed E-state index contributed by atoms with van der Waals surface area (Å²) in [4.78, 5) is 24.7. The Morgan fingerprint density at radius 2 is 1.72 bits per heavy atom. The lowest BCUT2D eigenvalue weighted by Crippen LogP contribution is -2.36. The van der Waals surface area contributed by atoms with Crippen LogP contribution in [0.25, 0.3) is 0 Å². The maximum atomic E-state index is 12.5. The standard InChI is InChI=1S/C20H29ClN2O2/c1-13(2)10-11-22-19(24)15-4-6-16(7-5-15)20(25)23-18-9-8-17(21)12-14(18)3/h8-9,12-13,15-16H,4-7,10-11H2,1-3H3,(H,22,24)(H,23,25). The van der Waals surface area contributed by atoms with E-state index in [1.54, 1.807) is 6.07 Å².